The number of rotatable bonds is 20. The Morgan fingerprint density at radius 3 is 2.31 bits per heavy atom. The average molecular weight is 779 g/mol. The number of aromatic nitrogens is 2. The van der Waals surface area contributed by atoms with E-state index in [0.29, 0.717) is 22.7 Å². The number of aliphatic hydroxyl groups excluding tert-OH is 3. The van der Waals surface area contributed by atoms with Gasteiger partial charge in [0.2, 0.25) is 23.6 Å². The monoisotopic (exact) mass is 778 g/mol. The number of nitrogens with zero attached hydrogens (tertiary/aromatic N) is 2. The molecular weight excluding hydrogens is 731 g/mol. The number of nitrogens with two attached hydrogens (primary N) is 1. The Morgan fingerprint density at radius 2 is 1.65 bits per heavy atom. The highest BCUT2D eigenvalue weighted by molar-refractivity contribution is 5.97. The summed E-state index contributed by atoms with van der Waals surface area (Å²) >= 11 is 0. The number of benzene rings is 1. The summed E-state index contributed by atoms with van der Waals surface area (Å²) in [5, 5.41) is 51.4. The van der Waals surface area contributed by atoms with E-state index in [4.69, 9.17) is 20.6 Å². The molecule has 0 bridgehead atoms. The minimum absolute atomic E-state index is 0.0348. The van der Waals surface area contributed by atoms with E-state index in [1.54, 1.807) is 30.3 Å². The number of unbranched alkanes of at least 4 members (excludes halogenated alkanes) is 1. The van der Waals surface area contributed by atoms with Crippen LogP contribution in [-0.4, -0.2) is 117 Å². The van der Waals surface area contributed by atoms with Gasteiger partial charge in [-0.25, -0.2) is 14.0 Å². The van der Waals surface area contributed by atoms with E-state index in [-0.39, 0.29) is 57.2 Å². The number of ether oxygens (including phenoxy) is 2. The Morgan fingerprint density at radius 1 is 0.982 bits per heavy atom. The lowest BCUT2D eigenvalue weighted by Gasteiger charge is -2.21. The van der Waals surface area contributed by atoms with E-state index in [1.165, 1.54) is 6.92 Å². The van der Waals surface area contributed by atoms with Crippen molar-refractivity contribution in [2.24, 2.45) is 5.73 Å². The number of hydrogen-bond donors (Lipinski definition) is 11. The van der Waals surface area contributed by atoms with Crippen LogP contribution in [0.2, 0.25) is 0 Å². The normalized spacial score (nSPS) is 18.6. The SMILES string of the molecule is CC(=O)NCCCCC(NC(=O)CNC(=O)C(CCCNC(=N)N)NC(=O)OCc1ccccc1)C(=O)Nc1nc(=O)n([C@@H]2O[C@H](CO)C(O)C2O)cc1F. The van der Waals surface area contributed by atoms with Crippen molar-refractivity contribution in [1.29, 1.82) is 5.41 Å². The molecular formula is C33H47FN10O11. The maximum Gasteiger partial charge on any atom is 0.408 e. The van der Waals surface area contributed by atoms with E-state index >= 15 is 4.39 Å². The van der Waals surface area contributed by atoms with Gasteiger partial charge in [-0.15, -0.1) is 0 Å². The Labute approximate surface area is 314 Å². The molecule has 0 spiro atoms. The third kappa shape index (κ3) is 14.2. The lowest BCUT2D eigenvalue weighted by atomic mass is 10.1. The molecule has 21 nitrogen and oxygen atoms in total. The fourth-order valence-corrected chi connectivity index (χ4v) is 5.28. The second kappa shape index (κ2) is 21.9. The molecule has 12 N–H and O–H groups in total. The van der Waals surface area contributed by atoms with Crippen LogP contribution in [0.5, 0.6) is 0 Å². The number of hydrogen-bond acceptors (Lipinski definition) is 13. The predicted octanol–water partition coefficient (Wildman–Crippen LogP) is -2.60. The van der Waals surface area contributed by atoms with Crippen LogP contribution in [0.15, 0.2) is 41.3 Å². The molecule has 1 aliphatic heterocycles. The first-order valence-electron chi connectivity index (χ1n) is 17.3. The first-order valence-corrected chi connectivity index (χ1v) is 17.3. The molecule has 4 unspecified atom stereocenters. The van der Waals surface area contributed by atoms with E-state index in [2.05, 4.69) is 36.9 Å². The predicted molar refractivity (Wildman–Crippen MR) is 190 cm³/mol. The molecule has 3 rings (SSSR count). The number of nitrogens with one attached hydrogen (secondary N) is 7. The zero-order valence-electron chi connectivity index (χ0n) is 30.0. The molecule has 1 aromatic carbocycles. The molecule has 5 amide bonds. The van der Waals surface area contributed by atoms with Crippen molar-refractivity contribution in [2.45, 2.75) is 82.3 Å². The van der Waals surface area contributed by atoms with Gasteiger partial charge in [0.15, 0.2) is 23.8 Å². The molecule has 1 aliphatic rings. The topological polar surface area (TPSA) is 321 Å². The van der Waals surface area contributed by atoms with Crippen LogP contribution in [0.1, 0.15) is 50.8 Å². The van der Waals surface area contributed by atoms with E-state index in [1.807, 2.05) is 0 Å². The third-order valence-electron chi connectivity index (χ3n) is 8.11. The lowest BCUT2D eigenvalue weighted by molar-refractivity contribution is -0.129. The number of amides is 5. The maximum atomic E-state index is 15.1. The van der Waals surface area contributed by atoms with Crippen molar-refractivity contribution in [3.05, 3.63) is 58.4 Å². The summed E-state index contributed by atoms with van der Waals surface area (Å²) in [6.45, 7) is 0.348. The summed E-state index contributed by atoms with van der Waals surface area (Å²) in [6, 6.07) is 6.25. The first kappa shape index (κ1) is 43.7. The number of aliphatic hydroxyl groups is 3. The van der Waals surface area contributed by atoms with Crippen molar-refractivity contribution in [1.82, 2.24) is 36.1 Å². The summed E-state index contributed by atoms with van der Waals surface area (Å²) in [6.07, 6.45) is -5.51. The van der Waals surface area contributed by atoms with Crippen LogP contribution >= 0.6 is 0 Å². The van der Waals surface area contributed by atoms with Crippen LogP contribution in [0.25, 0.3) is 0 Å². The van der Waals surface area contributed by atoms with Crippen molar-refractivity contribution >= 4 is 41.5 Å². The maximum absolute atomic E-state index is 15.1. The van der Waals surface area contributed by atoms with Gasteiger partial charge in [-0.2, -0.15) is 4.98 Å². The van der Waals surface area contributed by atoms with E-state index in [0.717, 1.165) is 0 Å². The molecule has 1 aromatic heterocycles. The zero-order valence-corrected chi connectivity index (χ0v) is 30.0. The molecule has 1 saturated heterocycles. The van der Waals surface area contributed by atoms with Crippen LogP contribution in [-0.2, 0) is 35.3 Å². The largest absolute Gasteiger partial charge is 0.445 e. The number of halogens is 1. The van der Waals surface area contributed by atoms with Crippen molar-refractivity contribution in [2.75, 3.05) is 31.6 Å². The highest BCUT2D eigenvalue weighted by Crippen LogP contribution is 2.28. The number of guanidine groups is 1. The quantitative estimate of drug-likeness (QED) is 0.0373. The molecule has 0 aliphatic carbocycles. The van der Waals surface area contributed by atoms with Gasteiger partial charge in [0.05, 0.1) is 19.3 Å². The molecule has 302 valence electrons. The minimum Gasteiger partial charge on any atom is -0.445 e. The summed E-state index contributed by atoms with van der Waals surface area (Å²) < 4.78 is 26.1. The number of anilines is 1. The average Bonchev–Trinajstić information content (AvgIpc) is 3.43. The summed E-state index contributed by atoms with van der Waals surface area (Å²) in [5.41, 5.74) is 4.81. The Kier molecular flexibility index (Phi) is 17.4. The van der Waals surface area contributed by atoms with Gasteiger partial charge in [-0.05, 0) is 37.7 Å². The molecule has 0 radical (unpaired) electrons. The Hall–Kier alpha value is -5.71. The minimum atomic E-state index is -1.71. The van der Waals surface area contributed by atoms with Gasteiger partial charge in [0, 0.05) is 20.0 Å². The zero-order chi connectivity index (χ0) is 40.5. The van der Waals surface area contributed by atoms with Crippen molar-refractivity contribution in [3.63, 3.8) is 0 Å². The van der Waals surface area contributed by atoms with Gasteiger partial charge in [0.1, 0.15) is 37.0 Å². The van der Waals surface area contributed by atoms with Crippen LogP contribution in [0, 0.1) is 11.2 Å². The number of carbonyl (C=O) groups excluding carboxylic acids is 5. The Bertz CT molecular complexity index is 1700. The van der Waals surface area contributed by atoms with Crippen molar-refractivity contribution in [3.8, 4) is 0 Å². The molecule has 55 heavy (non-hydrogen) atoms. The highest BCUT2D eigenvalue weighted by Gasteiger charge is 2.44. The molecule has 2 heterocycles. The number of alkyl carbamates (subject to hydrolysis) is 1. The molecule has 2 aromatic rings. The molecule has 0 saturated carbocycles. The van der Waals surface area contributed by atoms with Crippen LogP contribution in [0.3, 0.4) is 0 Å². The third-order valence-corrected chi connectivity index (χ3v) is 8.11. The highest BCUT2D eigenvalue weighted by atomic mass is 19.1. The van der Waals surface area contributed by atoms with Crippen LogP contribution < -0.4 is 43.3 Å². The second-order valence-electron chi connectivity index (χ2n) is 12.4. The second-order valence-corrected chi connectivity index (χ2v) is 12.4. The van der Waals surface area contributed by atoms with Gasteiger partial charge in [0.25, 0.3) is 0 Å². The summed E-state index contributed by atoms with van der Waals surface area (Å²) in [4.78, 5) is 79.5. The van der Waals surface area contributed by atoms with E-state index in [9.17, 15) is 44.1 Å². The molecule has 1 fully saturated rings. The number of carbonyl (C=O) groups is 5. The smallest absolute Gasteiger partial charge is 0.408 e. The van der Waals surface area contributed by atoms with Gasteiger partial charge >= 0.3 is 11.8 Å². The fourth-order valence-electron chi connectivity index (χ4n) is 5.28. The fraction of sp³-hybridized carbons (Fsp3) is 0.515. The standard InChI is InChI=1S/C33H47FN10O11/c1-18(46)37-12-6-5-10-22(29(51)42-27-20(34)15-44(32(52)43-27)30-26(49)25(48)23(16-45)55-30)40-24(47)14-39-28(50)21(11-7-13-38-31(35)36)41-33(53)54-17-19-8-3-2-4-9-19/h2-4,8-9,15,21-23,25-26,30,45,48-49H,5-7,10-14,16-17H2,1H3,(H,37,46)(H,39,50)(H,40,47)(H,41,53)(H4,35,36,38)(H,42,43,51,52)/t21?,22?,23-,25?,26?,30-/m1/s1. The Balaban J connectivity index is 1.66. The van der Waals surface area contributed by atoms with Crippen molar-refractivity contribution < 1.29 is 53.2 Å². The molecule has 22 heteroatoms. The van der Waals surface area contributed by atoms with Gasteiger partial charge < -0.3 is 62.4 Å². The summed E-state index contributed by atoms with van der Waals surface area (Å²) in [5.74, 6) is -5.25. The summed E-state index contributed by atoms with van der Waals surface area (Å²) in [7, 11) is 0. The van der Waals surface area contributed by atoms with Gasteiger partial charge in [-0.3, -0.25) is 29.2 Å². The lowest BCUT2D eigenvalue weighted by Crippen LogP contribution is -2.51. The van der Waals surface area contributed by atoms with Gasteiger partial charge in [-0.1, -0.05) is 30.3 Å². The molecule has 6 atom stereocenters. The first-order chi connectivity index (χ1) is 26.2. The van der Waals surface area contributed by atoms with Crippen LogP contribution in [0.4, 0.5) is 15.0 Å². The van der Waals surface area contributed by atoms with E-state index < -0.39 is 90.9 Å².